The van der Waals surface area contributed by atoms with Crippen LogP contribution in [0, 0.1) is 0 Å². The van der Waals surface area contributed by atoms with Gasteiger partial charge in [0.2, 0.25) is 0 Å². The van der Waals surface area contributed by atoms with Gasteiger partial charge in [-0.1, -0.05) is 18.2 Å². The van der Waals surface area contributed by atoms with Crippen LogP contribution in [0.2, 0.25) is 0 Å². The van der Waals surface area contributed by atoms with Crippen LogP contribution in [0.1, 0.15) is 24.5 Å². The lowest BCUT2D eigenvalue weighted by Gasteiger charge is -2.24. The molecule has 0 saturated carbocycles. The monoisotopic (exact) mass is 293 g/mol. The van der Waals surface area contributed by atoms with E-state index in [4.69, 9.17) is 0 Å². The summed E-state index contributed by atoms with van der Waals surface area (Å²) < 4.78 is 26.7. The second kappa shape index (κ2) is 4.92. The molecule has 1 atom stereocenters. The summed E-state index contributed by atoms with van der Waals surface area (Å²) in [5.41, 5.74) is 1.19. The fraction of sp³-hybridized carbons (Fsp3) is 0.308. The van der Waals surface area contributed by atoms with E-state index in [0.29, 0.717) is 30.6 Å². The topological polar surface area (TPSA) is 86.3 Å². The Balaban J connectivity index is 2.13. The predicted octanol–water partition coefficient (Wildman–Crippen LogP) is 1.43. The molecular formula is C13H15N3O3S. The zero-order valence-electron chi connectivity index (χ0n) is 10.7. The lowest BCUT2D eigenvalue weighted by atomic mass is 10.1. The van der Waals surface area contributed by atoms with E-state index in [2.05, 4.69) is 10.2 Å². The van der Waals surface area contributed by atoms with Crippen molar-refractivity contribution in [3.05, 3.63) is 42.2 Å². The summed E-state index contributed by atoms with van der Waals surface area (Å²) in [6, 6.07) is 7.06. The third-order valence-corrected chi connectivity index (χ3v) is 5.24. The molecule has 0 amide bonds. The van der Waals surface area contributed by atoms with Crippen LogP contribution in [0.5, 0.6) is 0 Å². The molecule has 7 heteroatoms. The maximum absolute atomic E-state index is 12.7. The number of hydrogen-bond donors (Lipinski definition) is 2. The Labute approximate surface area is 117 Å². The highest BCUT2D eigenvalue weighted by atomic mass is 32.2. The van der Waals surface area contributed by atoms with E-state index < -0.39 is 16.1 Å². The van der Waals surface area contributed by atoms with E-state index in [1.807, 2.05) is 0 Å². The number of aromatic amines is 1. The Kier molecular flexibility index (Phi) is 3.23. The number of para-hydroxylation sites is 1. The Hall–Kier alpha value is -1.86. The van der Waals surface area contributed by atoms with E-state index in [-0.39, 0.29) is 4.90 Å². The van der Waals surface area contributed by atoms with Gasteiger partial charge in [0.1, 0.15) is 4.90 Å². The molecule has 1 aliphatic rings. The number of nitrogens with one attached hydrogen (secondary N) is 1. The van der Waals surface area contributed by atoms with Crippen molar-refractivity contribution in [2.45, 2.75) is 23.8 Å². The summed E-state index contributed by atoms with van der Waals surface area (Å²) in [4.78, 5) is 0.128. The van der Waals surface area contributed by atoms with Crippen LogP contribution in [0.4, 0.5) is 5.69 Å². The Morgan fingerprint density at radius 1 is 1.35 bits per heavy atom. The summed E-state index contributed by atoms with van der Waals surface area (Å²) >= 11 is 0. The largest absolute Gasteiger partial charge is 0.388 e. The van der Waals surface area contributed by atoms with Crippen molar-refractivity contribution in [3.63, 3.8) is 0 Å². The van der Waals surface area contributed by atoms with Gasteiger partial charge in [-0.3, -0.25) is 9.40 Å². The second-order valence-corrected chi connectivity index (χ2v) is 6.59. The molecule has 20 heavy (non-hydrogen) atoms. The molecule has 2 aromatic rings. The molecule has 1 unspecified atom stereocenters. The van der Waals surface area contributed by atoms with E-state index in [9.17, 15) is 13.5 Å². The van der Waals surface area contributed by atoms with Gasteiger partial charge >= 0.3 is 0 Å². The van der Waals surface area contributed by atoms with Crippen molar-refractivity contribution in [2.75, 3.05) is 10.8 Å². The molecule has 0 bridgehead atoms. The molecule has 3 rings (SSSR count). The second-order valence-electron chi connectivity index (χ2n) is 4.73. The first-order chi connectivity index (χ1) is 9.60. The fourth-order valence-corrected chi connectivity index (χ4v) is 3.89. The first-order valence-electron chi connectivity index (χ1n) is 6.39. The summed E-state index contributed by atoms with van der Waals surface area (Å²) in [6.07, 6.45) is 3.18. The van der Waals surface area contributed by atoms with Crippen LogP contribution >= 0.6 is 0 Å². The Bertz CT molecular complexity index is 697. The minimum atomic E-state index is -3.65. The lowest BCUT2D eigenvalue weighted by Crippen LogP contribution is -2.31. The van der Waals surface area contributed by atoms with Gasteiger partial charge in [0.25, 0.3) is 10.0 Å². The maximum Gasteiger partial charge on any atom is 0.267 e. The van der Waals surface area contributed by atoms with Crippen molar-refractivity contribution in [3.8, 4) is 0 Å². The van der Waals surface area contributed by atoms with Crippen LogP contribution in [0.15, 0.2) is 41.6 Å². The summed E-state index contributed by atoms with van der Waals surface area (Å²) in [6.45, 7) is 0.349. The molecule has 1 aliphatic heterocycles. The molecule has 0 saturated heterocycles. The first-order valence-corrected chi connectivity index (χ1v) is 7.83. The molecule has 0 aliphatic carbocycles. The third kappa shape index (κ3) is 2.08. The van der Waals surface area contributed by atoms with Gasteiger partial charge < -0.3 is 5.11 Å². The Morgan fingerprint density at radius 3 is 2.90 bits per heavy atom. The molecular weight excluding hydrogens is 278 g/mol. The number of sulfonamides is 1. The quantitative estimate of drug-likeness (QED) is 0.877. The number of fused-ring (bicyclic) bond motifs is 1. The van der Waals surface area contributed by atoms with Gasteiger partial charge in [0.15, 0.2) is 0 Å². The van der Waals surface area contributed by atoms with Gasteiger partial charge in [0.05, 0.1) is 18.0 Å². The van der Waals surface area contributed by atoms with Gasteiger partial charge in [-0.25, -0.2) is 8.42 Å². The highest BCUT2D eigenvalue weighted by Crippen LogP contribution is 2.35. The number of rotatable bonds is 2. The standard InChI is InChI=1S/C13H15N3O3S/c17-13-6-3-7-16(12-5-2-1-4-11(12)13)20(18,19)10-8-14-15-9-10/h1-2,4-5,8-9,13,17H,3,6-7H2,(H,14,15). The summed E-state index contributed by atoms with van der Waals surface area (Å²) in [5, 5.41) is 16.3. The lowest BCUT2D eigenvalue weighted by molar-refractivity contribution is 0.168. The van der Waals surface area contributed by atoms with Crippen LogP contribution in [-0.2, 0) is 10.0 Å². The molecule has 2 heterocycles. The fourth-order valence-electron chi connectivity index (χ4n) is 2.46. The van der Waals surface area contributed by atoms with E-state index in [1.165, 1.54) is 16.7 Å². The number of hydrogen-bond acceptors (Lipinski definition) is 4. The highest BCUT2D eigenvalue weighted by Gasteiger charge is 2.30. The van der Waals surface area contributed by atoms with E-state index >= 15 is 0 Å². The smallest absolute Gasteiger partial charge is 0.267 e. The zero-order valence-corrected chi connectivity index (χ0v) is 11.5. The average Bonchev–Trinajstić information content (AvgIpc) is 2.93. The number of aliphatic hydroxyl groups is 1. The number of nitrogens with zero attached hydrogens (tertiary/aromatic N) is 2. The van der Waals surface area contributed by atoms with Gasteiger partial charge in [-0.2, -0.15) is 5.10 Å². The molecule has 106 valence electrons. The number of H-pyrrole nitrogens is 1. The van der Waals surface area contributed by atoms with E-state index in [0.717, 1.165) is 0 Å². The normalized spacial score (nSPS) is 19.4. The predicted molar refractivity (Wildman–Crippen MR) is 73.8 cm³/mol. The molecule has 2 N–H and O–H groups in total. The van der Waals surface area contributed by atoms with Gasteiger partial charge in [-0.05, 0) is 18.9 Å². The van der Waals surface area contributed by atoms with Crippen molar-refractivity contribution < 1.29 is 13.5 Å². The zero-order chi connectivity index (χ0) is 14.2. The number of benzene rings is 1. The van der Waals surface area contributed by atoms with Crippen LogP contribution in [0.25, 0.3) is 0 Å². The number of aromatic nitrogens is 2. The summed E-state index contributed by atoms with van der Waals surface area (Å²) in [7, 11) is -3.65. The van der Waals surface area contributed by atoms with Gasteiger partial charge in [0, 0.05) is 18.3 Å². The number of anilines is 1. The first kappa shape index (κ1) is 13.1. The van der Waals surface area contributed by atoms with Crippen LogP contribution < -0.4 is 4.31 Å². The van der Waals surface area contributed by atoms with Crippen LogP contribution in [-0.4, -0.2) is 30.3 Å². The van der Waals surface area contributed by atoms with E-state index in [1.54, 1.807) is 24.3 Å². The van der Waals surface area contributed by atoms with Crippen molar-refractivity contribution in [1.82, 2.24) is 10.2 Å². The van der Waals surface area contributed by atoms with Crippen LogP contribution in [0.3, 0.4) is 0 Å². The minimum Gasteiger partial charge on any atom is -0.388 e. The van der Waals surface area contributed by atoms with Gasteiger partial charge in [-0.15, -0.1) is 0 Å². The Morgan fingerprint density at radius 2 is 2.15 bits per heavy atom. The molecule has 0 fully saturated rings. The highest BCUT2D eigenvalue weighted by molar-refractivity contribution is 7.92. The summed E-state index contributed by atoms with van der Waals surface area (Å²) in [5.74, 6) is 0. The maximum atomic E-state index is 12.7. The minimum absolute atomic E-state index is 0.128. The molecule has 1 aromatic carbocycles. The SMILES string of the molecule is O=S(=O)(c1cn[nH]c1)N1CCCC(O)c2ccccc21. The molecule has 6 nitrogen and oxygen atoms in total. The van der Waals surface area contributed by atoms with Crippen molar-refractivity contribution in [1.29, 1.82) is 0 Å². The van der Waals surface area contributed by atoms with Crippen molar-refractivity contribution in [2.24, 2.45) is 0 Å². The average molecular weight is 293 g/mol. The number of aliphatic hydroxyl groups excluding tert-OH is 1. The molecule has 0 radical (unpaired) electrons. The molecule has 0 spiro atoms. The third-order valence-electron chi connectivity index (χ3n) is 3.46. The van der Waals surface area contributed by atoms with Crippen molar-refractivity contribution >= 4 is 15.7 Å². The molecule has 1 aromatic heterocycles.